The van der Waals surface area contributed by atoms with Gasteiger partial charge < -0.3 is 25.4 Å². The summed E-state index contributed by atoms with van der Waals surface area (Å²) in [6, 6.07) is 12.9. The molecule has 1 saturated heterocycles. The standard InChI is InChI=1S/C25H29N3O6/c1-16(24(31)28-14-6-9-21(28)25(32)33)26-23(30)20(15-17-7-4-3-5-8-17)27-22(29)18-10-12-19(34-2)13-11-18/h3-5,7-8,10-13,16,20-21H,6,9,14-15H2,1-2H3,(H,26,30)(H,27,29)(H,32,33)/t16-,20-,21-/m0/s1. The molecule has 2 aromatic rings. The van der Waals surface area contributed by atoms with E-state index in [1.54, 1.807) is 24.3 Å². The number of methoxy groups -OCH3 is 1. The Morgan fingerprint density at radius 2 is 1.74 bits per heavy atom. The van der Waals surface area contributed by atoms with Crippen molar-refractivity contribution in [1.82, 2.24) is 15.5 Å². The van der Waals surface area contributed by atoms with Gasteiger partial charge in [-0.1, -0.05) is 30.3 Å². The highest BCUT2D eigenvalue weighted by atomic mass is 16.5. The zero-order valence-electron chi connectivity index (χ0n) is 19.2. The number of carbonyl (C=O) groups excluding carboxylic acids is 3. The predicted molar refractivity (Wildman–Crippen MR) is 124 cm³/mol. The van der Waals surface area contributed by atoms with E-state index < -0.39 is 41.8 Å². The lowest BCUT2D eigenvalue weighted by Gasteiger charge is -2.27. The Balaban J connectivity index is 1.72. The molecule has 0 radical (unpaired) electrons. The summed E-state index contributed by atoms with van der Waals surface area (Å²) in [5.41, 5.74) is 1.19. The zero-order valence-corrected chi connectivity index (χ0v) is 19.2. The SMILES string of the molecule is COc1ccc(C(=O)N[C@@H](Cc2ccccc2)C(=O)N[C@@H](C)C(=O)N2CCC[C@H]2C(=O)O)cc1. The molecular weight excluding hydrogens is 438 g/mol. The fourth-order valence-corrected chi connectivity index (χ4v) is 3.95. The summed E-state index contributed by atoms with van der Waals surface area (Å²) in [5.74, 6) is -1.89. The largest absolute Gasteiger partial charge is 0.497 e. The van der Waals surface area contributed by atoms with Crippen LogP contribution in [-0.2, 0) is 20.8 Å². The molecule has 0 aliphatic carbocycles. The number of carboxylic acids is 1. The number of ether oxygens (including phenoxy) is 1. The second-order valence-electron chi connectivity index (χ2n) is 8.20. The number of hydrogen-bond donors (Lipinski definition) is 3. The molecule has 180 valence electrons. The molecule has 9 heteroatoms. The lowest BCUT2D eigenvalue weighted by molar-refractivity contribution is -0.149. The minimum absolute atomic E-state index is 0.219. The summed E-state index contributed by atoms with van der Waals surface area (Å²) >= 11 is 0. The summed E-state index contributed by atoms with van der Waals surface area (Å²) in [5, 5.41) is 14.8. The van der Waals surface area contributed by atoms with Crippen molar-refractivity contribution in [3.05, 3.63) is 65.7 Å². The number of aliphatic carboxylic acids is 1. The predicted octanol–water partition coefficient (Wildman–Crippen LogP) is 1.62. The van der Waals surface area contributed by atoms with Gasteiger partial charge in [0.15, 0.2) is 0 Å². The molecule has 9 nitrogen and oxygen atoms in total. The van der Waals surface area contributed by atoms with Crippen LogP contribution in [-0.4, -0.2) is 65.5 Å². The third-order valence-corrected chi connectivity index (χ3v) is 5.81. The van der Waals surface area contributed by atoms with Gasteiger partial charge in [0.05, 0.1) is 7.11 Å². The van der Waals surface area contributed by atoms with Gasteiger partial charge in [0.2, 0.25) is 11.8 Å². The van der Waals surface area contributed by atoms with Crippen LogP contribution < -0.4 is 15.4 Å². The molecule has 0 unspecified atom stereocenters. The van der Waals surface area contributed by atoms with E-state index in [-0.39, 0.29) is 6.42 Å². The van der Waals surface area contributed by atoms with Gasteiger partial charge in [-0.05, 0) is 49.6 Å². The number of nitrogens with zero attached hydrogens (tertiary/aromatic N) is 1. The van der Waals surface area contributed by atoms with Gasteiger partial charge in [-0.2, -0.15) is 0 Å². The van der Waals surface area contributed by atoms with Crippen molar-refractivity contribution >= 4 is 23.7 Å². The fraction of sp³-hybridized carbons (Fsp3) is 0.360. The van der Waals surface area contributed by atoms with Crippen LogP contribution in [0.1, 0.15) is 35.7 Å². The fourth-order valence-electron chi connectivity index (χ4n) is 3.95. The molecule has 3 atom stereocenters. The van der Waals surface area contributed by atoms with Crippen molar-refractivity contribution in [3.63, 3.8) is 0 Å². The topological polar surface area (TPSA) is 125 Å². The van der Waals surface area contributed by atoms with Crippen molar-refractivity contribution in [2.45, 2.75) is 44.3 Å². The average Bonchev–Trinajstić information content (AvgIpc) is 3.34. The van der Waals surface area contributed by atoms with E-state index in [9.17, 15) is 24.3 Å². The van der Waals surface area contributed by atoms with Gasteiger partial charge in [-0.3, -0.25) is 14.4 Å². The zero-order chi connectivity index (χ0) is 24.7. The molecule has 0 bridgehead atoms. The van der Waals surface area contributed by atoms with Crippen molar-refractivity contribution in [2.75, 3.05) is 13.7 Å². The summed E-state index contributed by atoms with van der Waals surface area (Å²) in [6.07, 6.45) is 1.20. The number of hydrogen-bond acceptors (Lipinski definition) is 5. The van der Waals surface area contributed by atoms with Crippen molar-refractivity contribution < 1.29 is 29.0 Å². The molecule has 0 spiro atoms. The van der Waals surface area contributed by atoms with E-state index in [2.05, 4.69) is 10.6 Å². The minimum atomic E-state index is -1.06. The van der Waals surface area contributed by atoms with Gasteiger partial charge in [0.1, 0.15) is 23.9 Å². The molecule has 1 fully saturated rings. The van der Waals surface area contributed by atoms with Crippen LogP contribution in [0.3, 0.4) is 0 Å². The Hall–Kier alpha value is -3.88. The summed E-state index contributed by atoms with van der Waals surface area (Å²) in [7, 11) is 1.53. The molecule has 0 saturated carbocycles. The molecule has 3 N–H and O–H groups in total. The first-order valence-electron chi connectivity index (χ1n) is 11.1. The van der Waals surface area contributed by atoms with Crippen LogP contribution in [0.4, 0.5) is 0 Å². The number of carbonyl (C=O) groups is 4. The molecule has 2 aromatic carbocycles. The molecule has 1 heterocycles. The Bertz CT molecular complexity index is 1020. The van der Waals surface area contributed by atoms with Crippen LogP contribution in [0, 0.1) is 0 Å². The average molecular weight is 468 g/mol. The van der Waals surface area contributed by atoms with E-state index in [1.807, 2.05) is 30.3 Å². The molecule has 0 aromatic heterocycles. The van der Waals surface area contributed by atoms with Gasteiger partial charge in [-0.25, -0.2) is 4.79 Å². The van der Waals surface area contributed by atoms with Crippen molar-refractivity contribution in [3.8, 4) is 5.75 Å². The summed E-state index contributed by atoms with van der Waals surface area (Å²) in [6.45, 7) is 1.85. The molecule has 3 rings (SSSR count). The summed E-state index contributed by atoms with van der Waals surface area (Å²) in [4.78, 5) is 51.5. The number of rotatable bonds is 9. The summed E-state index contributed by atoms with van der Waals surface area (Å²) < 4.78 is 5.11. The highest BCUT2D eigenvalue weighted by Gasteiger charge is 2.36. The quantitative estimate of drug-likeness (QED) is 0.515. The van der Waals surface area contributed by atoms with Crippen molar-refractivity contribution in [1.29, 1.82) is 0 Å². The lowest BCUT2D eigenvalue weighted by Crippen LogP contribution is -2.55. The first-order chi connectivity index (χ1) is 16.3. The van der Waals surface area contributed by atoms with Crippen LogP contribution in [0.15, 0.2) is 54.6 Å². The highest BCUT2D eigenvalue weighted by Crippen LogP contribution is 2.18. The maximum absolute atomic E-state index is 13.1. The second kappa shape index (κ2) is 11.3. The van der Waals surface area contributed by atoms with E-state index in [1.165, 1.54) is 18.9 Å². The van der Waals surface area contributed by atoms with Gasteiger partial charge >= 0.3 is 5.97 Å². The molecule has 3 amide bonds. The molecule has 1 aliphatic rings. The molecule has 34 heavy (non-hydrogen) atoms. The molecule has 1 aliphatic heterocycles. The van der Waals surface area contributed by atoms with Crippen LogP contribution in [0.5, 0.6) is 5.75 Å². The maximum atomic E-state index is 13.1. The number of benzene rings is 2. The van der Waals surface area contributed by atoms with Gasteiger partial charge in [-0.15, -0.1) is 0 Å². The van der Waals surface area contributed by atoms with Crippen molar-refractivity contribution in [2.24, 2.45) is 0 Å². The highest BCUT2D eigenvalue weighted by molar-refractivity contribution is 5.98. The third-order valence-electron chi connectivity index (χ3n) is 5.81. The first-order valence-corrected chi connectivity index (χ1v) is 11.1. The third kappa shape index (κ3) is 6.12. The normalized spacial score (nSPS) is 16.9. The second-order valence-corrected chi connectivity index (χ2v) is 8.20. The van der Waals surface area contributed by atoms with Crippen LogP contribution >= 0.6 is 0 Å². The molecular formula is C25H29N3O6. The van der Waals surface area contributed by atoms with Crippen LogP contribution in [0.25, 0.3) is 0 Å². The lowest BCUT2D eigenvalue weighted by atomic mass is 10.0. The van der Waals surface area contributed by atoms with E-state index in [0.717, 1.165) is 5.56 Å². The smallest absolute Gasteiger partial charge is 0.326 e. The Morgan fingerprint density at radius 3 is 2.35 bits per heavy atom. The van der Waals surface area contributed by atoms with E-state index in [4.69, 9.17) is 4.74 Å². The maximum Gasteiger partial charge on any atom is 0.326 e. The first kappa shape index (κ1) is 24.8. The number of carboxylic acid groups (broad SMARTS) is 1. The van der Waals surface area contributed by atoms with Gasteiger partial charge in [0.25, 0.3) is 5.91 Å². The number of nitrogens with one attached hydrogen (secondary N) is 2. The Kier molecular flexibility index (Phi) is 8.24. The Morgan fingerprint density at radius 1 is 1.06 bits per heavy atom. The van der Waals surface area contributed by atoms with E-state index >= 15 is 0 Å². The Labute approximate surface area is 198 Å². The number of likely N-dealkylation sites (tertiary alicyclic amines) is 1. The monoisotopic (exact) mass is 467 g/mol. The minimum Gasteiger partial charge on any atom is -0.497 e. The number of amides is 3. The van der Waals surface area contributed by atoms with Crippen LogP contribution in [0.2, 0.25) is 0 Å². The van der Waals surface area contributed by atoms with E-state index in [0.29, 0.717) is 30.7 Å². The van der Waals surface area contributed by atoms with Gasteiger partial charge in [0, 0.05) is 18.5 Å².